The standard InChI is InChI=1S/C24H30NP2/c1-4-26(5-2,6-3)25-27(22-16-10-7-11-17-22,23-18-12-8-13-19-23)24-20-14-9-15-21-24/h7-21H,4-6H2,1-3H3/q+1. The van der Waals surface area contributed by atoms with Gasteiger partial charge in [-0.3, -0.25) is 0 Å². The highest BCUT2D eigenvalue weighted by molar-refractivity contribution is 7.93. The second-order valence-electron chi connectivity index (χ2n) is 6.78. The van der Waals surface area contributed by atoms with Crippen molar-refractivity contribution in [1.29, 1.82) is 0 Å². The molecule has 0 amide bonds. The molecule has 0 N–H and O–H groups in total. The van der Waals surface area contributed by atoms with E-state index in [1.807, 2.05) is 0 Å². The van der Waals surface area contributed by atoms with Gasteiger partial charge in [-0.15, -0.1) is 4.52 Å². The van der Waals surface area contributed by atoms with Crippen molar-refractivity contribution in [3.63, 3.8) is 0 Å². The highest BCUT2D eigenvalue weighted by atomic mass is 31.2. The van der Waals surface area contributed by atoms with Crippen molar-refractivity contribution in [2.75, 3.05) is 18.5 Å². The van der Waals surface area contributed by atoms with Crippen LogP contribution in [-0.4, -0.2) is 18.5 Å². The fourth-order valence-electron chi connectivity index (χ4n) is 3.68. The van der Waals surface area contributed by atoms with Crippen molar-refractivity contribution < 1.29 is 0 Å². The normalized spacial score (nSPS) is 12.0. The van der Waals surface area contributed by atoms with Crippen molar-refractivity contribution >= 4 is 30.4 Å². The molecular formula is C24H30NP2+. The quantitative estimate of drug-likeness (QED) is 0.426. The van der Waals surface area contributed by atoms with Crippen LogP contribution < -0.4 is 15.9 Å². The number of nitrogens with zero attached hydrogens (tertiary/aromatic N) is 1. The van der Waals surface area contributed by atoms with E-state index >= 15 is 0 Å². The summed E-state index contributed by atoms with van der Waals surface area (Å²) in [5.74, 6) is 0. The number of benzene rings is 3. The zero-order valence-electron chi connectivity index (χ0n) is 16.6. The second-order valence-corrected chi connectivity index (χ2v) is 14.4. The summed E-state index contributed by atoms with van der Waals surface area (Å²) in [6, 6.07) is 33.0. The molecule has 0 bridgehead atoms. The molecule has 0 spiro atoms. The minimum Gasteiger partial charge on any atom is -0.138 e. The first-order valence-electron chi connectivity index (χ1n) is 9.87. The molecule has 0 unspecified atom stereocenters. The lowest BCUT2D eigenvalue weighted by atomic mass is 10.4. The summed E-state index contributed by atoms with van der Waals surface area (Å²) in [6.07, 6.45) is 3.52. The van der Waals surface area contributed by atoms with E-state index in [9.17, 15) is 0 Å². The topological polar surface area (TPSA) is 12.4 Å². The molecule has 0 fully saturated rings. The summed E-state index contributed by atoms with van der Waals surface area (Å²) in [4.78, 5) is 0. The molecule has 3 rings (SSSR count). The van der Waals surface area contributed by atoms with Gasteiger partial charge in [0, 0.05) is 15.9 Å². The maximum atomic E-state index is 5.93. The lowest BCUT2D eigenvalue weighted by molar-refractivity contribution is 1.29. The van der Waals surface area contributed by atoms with Crippen molar-refractivity contribution in [1.82, 2.24) is 0 Å². The van der Waals surface area contributed by atoms with Crippen LogP contribution in [0.5, 0.6) is 0 Å². The molecule has 0 aliphatic carbocycles. The van der Waals surface area contributed by atoms with E-state index in [0.29, 0.717) is 0 Å². The van der Waals surface area contributed by atoms with E-state index < -0.39 is 14.5 Å². The van der Waals surface area contributed by atoms with Gasteiger partial charge in [-0.25, -0.2) is 0 Å². The van der Waals surface area contributed by atoms with Crippen LogP contribution in [0.2, 0.25) is 0 Å². The highest BCUT2D eigenvalue weighted by Crippen LogP contribution is 2.67. The van der Waals surface area contributed by atoms with Crippen LogP contribution in [0.25, 0.3) is 0 Å². The average Bonchev–Trinajstić information content (AvgIpc) is 2.77. The fourth-order valence-corrected chi connectivity index (χ4v) is 12.8. The predicted molar refractivity (Wildman–Crippen MR) is 126 cm³/mol. The van der Waals surface area contributed by atoms with Crippen molar-refractivity contribution in [2.45, 2.75) is 20.8 Å². The summed E-state index contributed by atoms with van der Waals surface area (Å²) in [5, 5.41) is 4.09. The molecule has 140 valence electrons. The largest absolute Gasteiger partial charge is 0.138 e. The Morgan fingerprint density at radius 1 is 0.556 bits per heavy atom. The van der Waals surface area contributed by atoms with Crippen LogP contribution in [0, 0.1) is 0 Å². The number of hydrogen-bond donors (Lipinski definition) is 0. The lowest BCUT2D eigenvalue weighted by Gasteiger charge is -2.30. The Morgan fingerprint density at radius 3 is 1.11 bits per heavy atom. The van der Waals surface area contributed by atoms with Crippen molar-refractivity contribution in [2.24, 2.45) is 4.52 Å². The first-order chi connectivity index (χ1) is 13.2. The Morgan fingerprint density at radius 2 is 0.852 bits per heavy atom. The Bertz CT molecular complexity index is 774. The molecule has 3 aromatic carbocycles. The Balaban J connectivity index is 2.48. The van der Waals surface area contributed by atoms with Crippen LogP contribution in [0.3, 0.4) is 0 Å². The van der Waals surface area contributed by atoms with E-state index in [1.54, 1.807) is 0 Å². The smallest absolute Gasteiger partial charge is 0.131 e. The molecular weight excluding hydrogens is 364 g/mol. The number of hydrogen-bond acceptors (Lipinski definition) is 1. The van der Waals surface area contributed by atoms with Gasteiger partial charge in [0.2, 0.25) is 0 Å². The summed E-state index contributed by atoms with van der Waals surface area (Å²) < 4.78 is 5.93. The molecule has 0 saturated carbocycles. The van der Waals surface area contributed by atoms with Crippen LogP contribution in [0.1, 0.15) is 20.8 Å². The first-order valence-corrected chi connectivity index (χ1v) is 13.9. The van der Waals surface area contributed by atoms with Crippen LogP contribution in [0.15, 0.2) is 95.5 Å². The van der Waals surface area contributed by atoms with E-state index in [0.717, 1.165) is 0 Å². The molecule has 0 aliphatic heterocycles. The lowest BCUT2D eigenvalue weighted by Crippen LogP contribution is -2.26. The minimum atomic E-state index is -2.05. The highest BCUT2D eigenvalue weighted by Gasteiger charge is 2.38. The van der Waals surface area contributed by atoms with Gasteiger partial charge in [-0.05, 0) is 20.8 Å². The third kappa shape index (κ3) is 3.96. The maximum absolute atomic E-state index is 5.93. The minimum absolute atomic E-state index is 1.17. The summed E-state index contributed by atoms with van der Waals surface area (Å²) in [5.41, 5.74) is 0. The van der Waals surface area contributed by atoms with Gasteiger partial charge < -0.3 is 0 Å². The summed E-state index contributed by atoms with van der Waals surface area (Å²) in [6.45, 7) is 7.00. The van der Waals surface area contributed by atoms with Crippen molar-refractivity contribution in [3.05, 3.63) is 91.0 Å². The molecule has 0 radical (unpaired) electrons. The second kappa shape index (κ2) is 9.01. The van der Waals surface area contributed by atoms with Crippen LogP contribution in [0.4, 0.5) is 0 Å². The van der Waals surface area contributed by atoms with Gasteiger partial charge in [-0.1, -0.05) is 91.0 Å². The van der Waals surface area contributed by atoms with E-state index in [2.05, 4.69) is 112 Å². The first kappa shape index (κ1) is 20.1. The van der Waals surface area contributed by atoms with E-state index in [1.165, 1.54) is 34.4 Å². The Labute approximate surface area is 165 Å². The SMILES string of the molecule is CC[P+](CC)(CC)N=P(c1ccccc1)(c1ccccc1)c1ccccc1. The molecule has 0 heterocycles. The van der Waals surface area contributed by atoms with Gasteiger partial charge in [0.15, 0.2) is 0 Å². The van der Waals surface area contributed by atoms with Gasteiger partial charge in [0.25, 0.3) is 0 Å². The fraction of sp³-hybridized carbons (Fsp3) is 0.250. The van der Waals surface area contributed by atoms with Crippen LogP contribution >= 0.6 is 14.5 Å². The maximum Gasteiger partial charge on any atom is 0.131 e. The number of rotatable bonds is 7. The molecule has 27 heavy (non-hydrogen) atoms. The molecule has 0 saturated heterocycles. The zero-order valence-corrected chi connectivity index (χ0v) is 18.4. The molecule has 3 heteroatoms. The van der Waals surface area contributed by atoms with E-state index in [4.69, 9.17) is 4.52 Å². The molecule has 0 aromatic heterocycles. The third-order valence-corrected chi connectivity index (χ3v) is 14.7. The monoisotopic (exact) mass is 394 g/mol. The van der Waals surface area contributed by atoms with Gasteiger partial charge in [0.05, 0.1) is 25.5 Å². The predicted octanol–water partition coefficient (Wildman–Crippen LogP) is 6.16. The molecule has 0 aliphatic rings. The summed E-state index contributed by atoms with van der Waals surface area (Å²) in [7, 11) is -3.43. The van der Waals surface area contributed by atoms with E-state index in [-0.39, 0.29) is 0 Å². The van der Waals surface area contributed by atoms with Crippen LogP contribution in [-0.2, 0) is 0 Å². The van der Waals surface area contributed by atoms with Gasteiger partial charge in [-0.2, -0.15) is 0 Å². The Hall–Kier alpha value is -1.68. The van der Waals surface area contributed by atoms with Gasteiger partial charge in [0.1, 0.15) is 7.41 Å². The third-order valence-electron chi connectivity index (χ3n) is 5.48. The Kier molecular flexibility index (Phi) is 6.69. The molecule has 1 nitrogen and oxygen atoms in total. The van der Waals surface area contributed by atoms with Crippen molar-refractivity contribution in [3.8, 4) is 0 Å². The average molecular weight is 394 g/mol. The molecule has 0 atom stereocenters. The zero-order chi connectivity index (χ0) is 19.2. The summed E-state index contributed by atoms with van der Waals surface area (Å²) >= 11 is 0. The molecule has 3 aromatic rings. The van der Waals surface area contributed by atoms with Gasteiger partial charge >= 0.3 is 0 Å².